The van der Waals surface area contributed by atoms with Gasteiger partial charge in [0.1, 0.15) is 0 Å². The third-order valence-corrected chi connectivity index (χ3v) is 12.3. The van der Waals surface area contributed by atoms with Crippen LogP contribution in [0.5, 0.6) is 0 Å². The molecular weight excluding hydrogens is 486 g/mol. The van der Waals surface area contributed by atoms with Crippen molar-refractivity contribution in [1.29, 1.82) is 5.41 Å². The SMILES string of the molecule is CC[C@@H]1C2C[C@H](O)CCC2(C)[C@H]2CCC3(C)C([C@H](C)CCC(=O)NC(=N)Nc4ccccc4)CC[C@H]3[C@@H]2[C@@H]1O. The number of rotatable bonds is 6. The van der Waals surface area contributed by atoms with Crippen molar-refractivity contribution in [3.63, 3.8) is 0 Å². The molecule has 1 amide bonds. The molecule has 39 heavy (non-hydrogen) atoms. The van der Waals surface area contributed by atoms with Gasteiger partial charge in [-0.15, -0.1) is 0 Å². The third-order valence-electron chi connectivity index (χ3n) is 12.3. The highest BCUT2D eigenvalue weighted by Crippen LogP contribution is 2.69. The maximum atomic E-state index is 12.7. The summed E-state index contributed by atoms with van der Waals surface area (Å²) in [5, 5.41) is 36.2. The predicted octanol–water partition coefficient (Wildman–Crippen LogP) is 6.19. The highest BCUT2D eigenvalue weighted by molar-refractivity contribution is 6.02. The number of amides is 1. The second kappa shape index (κ2) is 11.2. The van der Waals surface area contributed by atoms with Gasteiger partial charge in [0.15, 0.2) is 5.96 Å². The molecular formula is C33H51N3O3. The molecule has 216 valence electrons. The molecule has 0 aromatic heterocycles. The molecule has 5 rings (SSSR count). The molecule has 11 atom stereocenters. The zero-order chi connectivity index (χ0) is 27.9. The van der Waals surface area contributed by atoms with E-state index < -0.39 is 0 Å². The van der Waals surface area contributed by atoms with Crippen LogP contribution in [0.2, 0.25) is 0 Å². The number of para-hydroxylation sites is 1. The van der Waals surface area contributed by atoms with Crippen molar-refractivity contribution in [2.45, 2.75) is 104 Å². The minimum atomic E-state index is -0.268. The number of aliphatic hydroxyl groups excluding tert-OH is 2. The lowest BCUT2D eigenvalue weighted by atomic mass is 9.41. The molecule has 5 N–H and O–H groups in total. The predicted molar refractivity (Wildman–Crippen MR) is 156 cm³/mol. The quantitative estimate of drug-likeness (QED) is 0.220. The van der Waals surface area contributed by atoms with E-state index in [1.807, 2.05) is 30.3 Å². The number of guanidine groups is 1. The van der Waals surface area contributed by atoms with Crippen LogP contribution in [-0.4, -0.2) is 34.3 Å². The van der Waals surface area contributed by atoms with Crippen LogP contribution in [0, 0.1) is 57.7 Å². The summed E-state index contributed by atoms with van der Waals surface area (Å²) in [6.07, 6.45) is 9.37. The zero-order valence-corrected chi connectivity index (χ0v) is 24.5. The average Bonchev–Trinajstić information content (AvgIpc) is 3.26. The summed E-state index contributed by atoms with van der Waals surface area (Å²) in [5.41, 5.74) is 1.22. The van der Waals surface area contributed by atoms with E-state index in [1.54, 1.807) is 0 Å². The molecule has 0 radical (unpaired) electrons. The van der Waals surface area contributed by atoms with Crippen molar-refractivity contribution in [3.05, 3.63) is 30.3 Å². The molecule has 1 aromatic carbocycles. The minimum absolute atomic E-state index is 0.0175. The Hall–Kier alpha value is -1.92. The van der Waals surface area contributed by atoms with Crippen molar-refractivity contribution in [2.24, 2.45) is 52.3 Å². The summed E-state index contributed by atoms with van der Waals surface area (Å²) in [7, 11) is 0. The molecule has 0 heterocycles. The number of hydrogen-bond acceptors (Lipinski definition) is 4. The summed E-state index contributed by atoms with van der Waals surface area (Å²) < 4.78 is 0. The highest BCUT2D eigenvalue weighted by Gasteiger charge is 2.64. The molecule has 4 fully saturated rings. The number of nitrogens with one attached hydrogen (secondary N) is 3. The van der Waals surface area contributed by atoms with Gasteiger partial charge in [0.25, 0.3) is 0 Å². The largest absolute Gasteiger partial charge is 0.393 e. The van der Waals surface area contributed by atoms with Crippen LogP contribution in [0.15, 0.2) is 30.3 Å². The summed E-state index contributed by atoms with van der Waals surface area (Å²) in [6.45, 7) is 9.54. The van der Waals surface area contributed by atoms with Gasteiger partial charge in [-0.3, -0.25) is 15.5 Å². The van der Waals surface area contributed by atoms with E-state index in [9.17, 15) is 15.0 Å². The second-order valence-electron chi connectivity index (χ2n) is 14.1. The fourth-order valence-electron chi connectivity index (χ4n) is 10.4. The van der Waals surface area contributed by atoms with Gasteiger partial charge >= 0.3 is 0 Å². The van der Waals surface area contributed by atoms with Gasteiger partial charge in [0.05, 0.1) is 12.2 Å². The van der Waals surface area contributed by atoms with E-state index in [1.165, 1.54) is 25.7 Å². The Morgan fingerprint density at radius 1 is 1.03 bits per heavy atom. The first kappa shape index (κ1) is 28.6. The Morgan fingerprint density at radius 2 is 1.72 bits per heavy atom. The molecule has 4 unspecified atom stereocenters. The van der Waals surface area contributed by atoms with Crippen LogP contribution < -0.4 is 10.6 Å². The van der Waals surface area contributed by atoms with Gasteiger partial charge in [-0.25, -0.2) is 0 Å². The van der Waals surface area contributed by atoms with E-state index in [2.05, 4.69) is 38.3 Å². The smallest absolute Gasteiger partial charge is 0.226 e. The lowest BCUT2D eigenvalue weighted by molar-refractivity contribution is -0.203. The fourth-order valence-corrected chi connectivity index (χ4v) is 10.4. The summed E-state index contributed by atoms with van der Waals surface area (Å²) in [4.78, 5) is 12.7. The second-order valence-corrected chi connectivity index (χ2v) is 14.1. The Labute approximate surface area is 235 Å². The van der Waals surface area contributed by atoms with Crippen molar-refractivity contribution in [3.8, 4) is 0 Å². The van der Waals surface area contributed by atoms with Gasteiger partial charge in [-0.1, -0.05) is 52.3 Å². The Bertz CT molecular complexity index is 1030. The number of benzene rings is 1. The zero-order valence-electron chi connectivity index (χ0n) is 24.5. The van der Waals surface area contributed by atoms with E-state index >= 15 is 0 Å². The van der Waals surface area contributed by atoms with Gasteiger partial charge in [-0.05, 0) is 116 Å². The van der Waals surface area contributed by atoms with E-state index in [0.717, 1.165) is 37.8 Å². The van der Waals surface area contributed by atoms with Crippen LogP contribution in [-0.2, 0) is 4.79 Å². The van der Waals surface area contributed by atoms with E-state index in [4.69, 9.17) is 5.41 Å². The Morgan fingerprint density at radius 3 is 2.44 bits per heavy atom. The standard InChI is InChI=1S/C33H51N3O3/c1-5-23-27-19-22(37)15-17-33(27,4)26-16-18-32(3)24(12-13-25(32)29(26)30(23)39)20(2)11-14-28(38)36-31(34)35-21-9-7-6-8-10-21/h6-10,20,22-27,29-30,37,39H,5,11-19H2,1-4H3,(H3,34,35,36,38)/t20-,22-,23-,24?,25+,26+,27?,29+,30-,32?,33?/m1/s1. The van der Waals surface area contributed by atoms with Crippen LogP contribution in [0.1, 0.15) is 91.9 Å². The van der Waals surface area contributed by atoms with E-state index in [0.29, 0.717) is 41.9 Å². The maximum Gasteiger partial charge on any atom is 0.226 e. The van der Waals surface area contributed by atoms with Crippen LogP contribution in [0.25, 0.3) is 0 Å². The number of anilines is 1. The Balaban J connectivity index is 1.23. The third kappa shape index (κ3) is 5.16. The summed E-state index contributed by atoms with van der Waals surface area (Å²) in [6, 6.07) is 9.46. The van der Waals surface area contributed by atoms with Crippen molar-refractivity contribution >= 4 is 17.6 Å². The number of aliphatic hydroxyl groups is 2. The molecule has 1 aromatic rings. The van der Waals surface area contributed by atoms with Crippen molar-refractivity contribution < 1.29 is 15.0 Å². The number of carbonyl (C=O) groups is 1. The summed E-state index contributed by atoms with van der Waals surface area (Å²) in [5.74, 6) is 3.05. The van der Waals surface area contributed by atoms with Gasteiger partial charge in [0, 0.05) is 12.1 Å². The van der Waals surface area contributed by atoms with E-state index in [-0.39, 0.29) is 40.8 Å². The molecule has 6 heteroatoms. The first-order valence-corrected chi connectivity index (χ1v) is 15.6. The van der Waals surface area contributed by atoms with Crippen LogP contribution >= 0.6 is 0 Å². The molecule has 0 saturated heterocycles. The Kier molecular flexibility index (Phi) is 8.18. The average molecular weight is 538 g/mol. The molecule has 0 aliphatic heterocycles. The fraction of sp³-hybridized carbons (Fsp3) is 0.758. The monoisotopic (exact) mass is 537 g/mol. The number of fused-ring (bicyclic) bond motifs is 5. The normalized spacial score (nSPS) is 42.0. The highest BCUT2D eigenvalue weighted by atomic mass is 16.3. The molecule has 0 spiro atoms. The number of hydrogen-bond donors (Lipinski definition) is 5. The van der Waals surface area contributed by atoms with Gasteiger partial charge in [-0.2, -0.15) is 0 Å². The molecule has 6 nitrogen and oxygen atoms in total. The van der Waals surface area contributed by atoms with Gasteiger partial charge < -0.3 is 15.5 Å². The minimum Gasteiger partial charge on any atom is -0.393 e. The first-order chi connectivity index (χ1) is 18.6. The van der Waals surface area contributed by atoms with Crippen molar-refractivity contribution in [2.75, 3.05) is 5.32 Å². The lowest BCUT2D eigenvalue weighted by Gasteiger charge is -2.64. The van der Waals surface area contributed by atoms with Crippen LogP contribution in [0.4, 0.5) is 5.69 Å². The van der Waals surface area contributed by atoms with Crippen LogP contribution in [0.3, 0.4) is 0 Å². The molecule has 0 bridgehead atoms. The number of carbonyl (C=O) groups excluding carboxylic acids is 1. The lowest BCUT2D eigenvalue weighted by Crippen LogP contribution is -2.62. The topological polar surface area (TPSA) is 105 Å². The maximum absolute atomic E-state index is 12.7. The summed E-state index contributed by atoms with van der Waals surface area (Å²) >= 11 is 0. The first-order valence-electron chi connectivity index (χ1n) is 15.6. The van der Waals surface area contributed by atoms with Crippen molar-refractivity contribution in [1.82, 2.24) is 5.32 Å². The molecule has 4 saturated carbocycles. The molecule has 4 aliphatic carbocycles. The van der Waals surface area contributed by atoms with Gasteiger partial charge in [0.2, 0.25) is 5.91 Å². The molecule has 4 aliphatic rings.